The Labute approximate surface area is 132 Å². The van der Waals surface area contributed by atoms with E-state index in [-0.39, 0.29) is 0 Å². The van der Waals surface area contributed by atoms with Crippen LogP contribution in [0.2, 0.25) is 0 Å². The van der Waals surface area contributed by atoms with E-state index in [2.05, 4.69) is 48.8 Å². The maximum absolute atomic E-state index is 5.12. The van der Waals surface area contributed by atoms with Gasteiger partial charge in [-0.1, -0.05) is 38.5 Å². The fraction of sp³-hybridized carbons (Fsp3) is 0.556. The number of fused-ring (bicyclic) bond motifs is 1. The SMILES string of the molecule is CCCC(C)(CNCCOC)Cc1csc2ccccc12. The summed E-state index contributed by atoms with van der Waals surface area (Å²) in [6, 6.07) is 8.75. The van der Waals surface area contributed by atoms with Gasteiger partial charge in [0.15, 0.2) is 0 Å². The van der Waals surface area contributed by atoms with Gasteiger partial charge in [-0.3, -0.25) is 0 Å². The third kappa shape index (κ3) is 4.53. The molecule has 0 amide bonds. The van der Waals surface area contributed by atoms with Crippen LogP contribution < -0.4 is 5.32 Å². The van der Waals surface area contributed by atoms with Gasteiger partial charge in [0, 0.05) is 24.9 Å². The molecular formula is C18H27NOS. The average molecular weight is 305 g/mol. The van der Waals surface area contributed by atoms with Crippen molar-refractivity contribution in [1.29, 1.82) is 0 Å². The van der Waals surface area contributed by atoms with Gasteiger partial charge in [0.25, 0.3) is 0 Å². The second-order valence-corrected chi connectivity index (χ2v) is 7.08. The third-order valence-electron chi connectivity index (χ3n) is 4.07. The molecule has 116 valence electrons. The lowest BCUT2D eigenvalue weighted by molar-refractivity contribution is 0.190. The smallest absolute Gasteiger partial charge is 0.0587 e. The molecule has 1 unspecified atom stereocenters. The molecule has 1 aromatic heterocycles. The number of benzene rings is 1. The van der Waals surface area contributed by atoms with Gasteiger partial charge in [0.1, 0.15) is 0 Å². The number of nitrogens with one attached hydrogen (secondary N) is 1. The molecule has 0 aliphatic rings. The summed E-state index contributed by atoms with van der Waals surface area (Å²) < 4.78 is 6.52. The van der Waals surface area contributed by atoms with Crippen molar-refractivity contribution in [2.24, 2.45) is 5.41 Å². The Bertz CT molecular complexity index is 551. The maximum Gasteiger partial charge on any atom is 0.0587 e. The van der Waals surface area contributed by atoms with E-state index >= 15 is 0 Å². The molecule has 1 atom stereocenters. The number of methoxy groups -OCH3 is 1. The van der Waals surface area contributed by atoms with E-state index in [1.807, 2.05) is 11.3 Å². The molecule has 0 bridgehead atoms. The lowest BCUT2D eigenvalue weighted by atomic mass is 9.79. The van der Waals surface area contributed by atoms with Crippen LogP contribution in [0, 0.1) is 5.41 Å². The zero-order chi connectivity index (χ0) is 15.1. The average Bonchev–Trinajstić information content (AvgIpc) is 2.87. The van der Waals surface area contributed by atoms with Crippen molar-refractivity contribution < 1.29 is 4.74 Å². The minimum Gasteiger partial charge on any atom is -0.383 e. The number of hydrogen-bond donors (Lipinski definition) is 1. The van der Waals surface area contributed by atoms with Crippen molar-refractivity contribution in [2.45, 2.75) is 33.1 Å². The Morgan fingerprint density at radius 1 is 1.29 bits per heavy atom. The number of ether oxygens (including phenoxy) is 1. The highest BCUT2D eigenvalue weighted by Crippen LogP contribution is 2.33. The highest BCUT2D eigenvalue weighted by molar-refractivity contribution is 7.17. The molecule has 0 saturated carbocycles. The molecule has 0 fully saturated rings. The number of rotatable bonds is 9. The first kappa shape index (κ1) is 16.5. The van der Waals surface area contributed by atoms with Crippen LogP contribution in [0.3, 0.4) is 0 Å². The van der Waals surface area contributed by atoms with Gasteiger partial charge >= 0.3 is 0 Å². The fourth-order valence-electron chi connectivity index (χ4n) is 3.04. The van der Waals surface area contributed by atoms with Crippen LogP contribution >= 0.6 is 11.3 Å². The summed E-state index contributed by atoms with van der Waals surface area (Å²) in [4.78, 5) is 0. The third-order valence-corrected chi connectivity index (χ3v) is 5.08. The molecule has 0 saturated heterocycles. The normalized spacial score (nSPS) is 14.4. The van der Waals surface area contributed by atoms with Gasteiger partial charge in [0.2, 0.25) is 0 Å². The molecule has 3 heteroatoms. The van der Waals surface area contributed by atoms with E-state index in [4.69, 9.17) is 4.74 Å². The van der Waals surface area contributed by atoms with Crippen LogP contribution in [0.15, 0.2) is 29.6 Å². The molecular weight excluding hydrogens is 278 g/mol. The molecule has 0 spiro atoms. The van der Waals surface area contributed by atoms with E-state index in [1.54, 1.807) is 7.11 Å². The molecule has 21 heavy (non-hydrogen) atoms. The van der Waals surface area contributed by atoms with Crippen molar-refractivity contribution in [3.05, 3.63) is 35.2 Å². The summed E-state index contributed by atoms with van der Waals surface area (Å²) in [5, 5.41) is 7.32. The lowest BCUT2D eigenvalue weighted by Crippen LogP contribution is -2.35. The second kappa shape index (κ2) is 7.92. The molecule has 0 aliphatic carbocycles. The zero-order valence-corrected chi connectivity index (χ0v) is 14.3. The van der Waals surface area contributed by atoms with E-state index in [1.165, 1.54) is 28.5 Å². The van der Waals surface area contributed by atoms with Crippen LogP contribution in [-0.4, -0.2) is 26.8 Å². The number of hydrogen-bond acceptors (Lipinski definition) is 3. The summed E-state index contributed by atoms with van der Waals surface area (Å²) in [5.74, 6) is 0. The Balaban J connectivity index is 2.07. The Morgan fingerprint density at radius 3 is 2.86 bits per heavy atom. The second-order valence-electron chi connectivity index (χ2n) is 6.16. The first-order valence-corrected chi connectivity index (χ1v) is 8.71. The topological polar surface area (TPSA) is 21.3 Å². The van der Waals surface area contributed by atoms with Gasteiger partial charge < -0.3 is 10.1 Å². The summed E-state index contributed by atoms with van der Waals surface area (Å²) in [6.07, 6.45) is 3.62. The van der Waals surface area contributed by atoms with E-state index < -0.39 is 0 Å². The molecule has 2 aromatic rings. The summed E-state index contributed by atoms with van der Waals surface area (Å²) in [5.41, 5.74) is 1.81. The summed E-state index contributed by atoms with van der Waals surface area (Å²) >= 11 is 1.86. The lowest BCUT2D eigenvalue weighted by Gasteiger charge is -2.30. The minimum atomic E-state index is 0.312. The van der Waals surface area contributed by atoms with Crippen LogP contribution in [0.1, 0.15) is 32.3 Å². The van der Waals surface area contributed by atoms with Crippen molar-refractivity contribution in [1.82, 2.24) is 5.32 Å². The van der Waals surface area contributed by atoms with Crippen LogP contribution in [-0.2, 0) is 11.2 Å². The fourth-order valence-corrected chi connectivity index (χ4v) is 4.00. The predicted octanol–water partition coefficient (Wildman–Crippen LogP) is 4.49. The Kier molecular flexibility index (Phi) is 6.22. The first-order chi connectivity index (χ1) is 10.2. The van der Waals surface area contributed by atoms with Gasteiger partial charge in [-0.25, -0.2) is 0 Å². The van der Waals surface area contributed by atoms with Gasteiger partial charge in [-0.2, -0.15) is 0 Å². The van der Waals surface area contributed by atoms with Gasteiger partial charge in [0.05, 0.1) is 6.61 Å². The van der Waals surface area contributed by atoms with E-state index in [0.717, 1.165) is 26.1 Å². The molecule has 2 rings (SSSR count). The van der Waals surface area contributed by atoms with E-state index in [9.17, 15) is 0 Å². The highest BCUT2D eigenvalue weighted by atomic mass is 32.1. The quantitative estimate of drug-likeness (QED) is 0.689. The minimum absolute atomic E-state index is 0.312. The molecule has 1 heterocycles. The van der Waals surface area contributed by atoms with Crippen molar-refractivity contribution in [2.75, 3.05) is 26.8 Å². The Morgan fingerprint density at radius 2 is 2.10 bits per heavy atom. The van der Waals surface area contributed by atoms with Crippen molar-refractivity contribution in [3.63, 3.8) is 0 Å². The van der Waals surface area contributed by atoms with Gasteiger partial charge in [-0.15, -0.1) is 11.3 Å². The van der Waals surface area contributed by atoms with Crippen molar-refractivity contribution >= 4 is 21.4 Å². The van der Waals surface area contributed by atoms with Crippen LogP contribution in [0.25, 0.3) is 10.1 Å². The number of thiophene rings is 1. The van der Waals surface area contributed by atoms with Crippen LogP contribution in [0.5, 0.6) is 0 Å². The van der Waals surface area contributed by atoms with Crippen LogP contribution in [0.4, 0.5) is 0 Å². The summed E-state index contributed by atoms with van der Waals surface area (Å²) in [6.45, 7) is 7.44. The first-order valence-electron chi connectivity index (χ1n) is 7.83. The standard InChI is InChI=1S/C18H27NOS/c1-4-9-18(2,14-19-10-11-20-3)12-15-13-21-17-8-6-5-7-16(15)17/h5-8,13,19H,4,9-12,14H2,1-3H3. The molecule has 0 radical (unpaired) electrons. The Hall–Kier alpha value is -0.900. The zero-order valence-electron chi connectivity index (χ0n) is 13.4. The van der Waals surface area contributed by atoms with E-state index in [0.29, 0.717) is 5.41 Å². The van der Waals surface area contributed by atoms with Gasteiger partial charge in [-0.05, 0) is 40.7 Å². The molecule has 2 nitrogen and oxygen atoms in total. The monoisotopic (exact) mass is 305 g/mol. The van der Waals surface area contributed by atoms with Crippen molar-refractivity contribution in [3.8, 4) is 0 Å². The maximum atomic E-state index is 5.12. The predicted molar refractivity (Wildman–Crippen MR) is 93.3 cm³/mol. The highest BCUT2D eigenvalue weighted by Gasteiger charge is 2.24. The molecule has 1 N–H and O–H groups in total. The molecule has 1 aromatic carbocycles. The largest absolute Gasteiger partial charge is 0.383 e. The molecule has 0 aliphatic heterocycles. The summed E-state index contributed by atoms with van der Waals surface area (Å²) in [7, 11) is 1.75.